The summed E-state index contributed by atoms with van der Waals surface area (Å²) in [4.78, 5) is 0. The van der Waals surface area contributed by atoms with E-state index in [1.54, 1.807) is 0 Å². The van der Waals surface area contributed by atoms with E-state index in [-0.39, 0.29) is 0 Å². The third-order valence-corrected chi connectivity index (χ3v) is 5.43. The Morgan fingerprint density at radius 3 is 2.71 bits per heavy atom. The number of benzene rings is 2. The van der Waals surface area contributed by atoms with Crippen molar-refractivity contribution in [3.05, 3.63) is 74.8 Å². The van der Waals surface area contributed by atoms with Crippen molar-refractivity contribution in [3.63, 3.8) is 0 Å². The predicted molar refractivity (Wildman–Crippen MR) is 94.8 cm³/mol. The standard InChI is InChI=1S/C20H21Br/c1-3-4-7-15-8-5-6-9-17(15)18-13-12-16-11-10-14(2)20(21)19(16)18/h5-6,8-13,18H,3-4,7H2,1-2H3. The molecule has 0 radical (unpaired) electrons. The molecule has 2 aromatic rings. The van der Waals surface area contributed by atoms with Gasteiger partial charge in [0.2, 0.25) is 0 Å². The lowest BCUT2D eigenvalue weighted by Gasteiger charge is -2.18. The molecule has 2 aromatic carbocycles. The van der Waals surface area contributed by atoms with Gasteiger partial charge in [-0.3, -0.25) is 0 Å². The monoisotopic (exact) mass is 340 g/mol. The third kappa shape index (κ3) is 2.72. The van der Waals surface area contributed by atoms with Gasteiger partial charge in [0.1, 0.15) is 0 Å². The molecular formula is C20H21Br. The van der Waals surface area contributed by atoms with Gasteiger partial charge in [0, 0.05) is 10.4 Å². The lowest BCUT2D eigenvalue weighted by Crippen LogP contribution is -2.03. The molecule has 0 heterocycles. The first-order valence-corrected chi connectivity index (χ1v) is 8.56. The van der Waals surface area contributed by atoms with Crippen LogP contribution in [0.4, 0.5) is 0 Å². The highest BCUT2D eigenvalue weighted by Gasteiger charge is 2.24. The quantitative estimate of drug-likeness (QED) is 0.616. The average molecular weight is 341 g/mol. The number of fused-ring (bicyclic) bond motifs is 1. The van der Waals surface area contributed by atoms with Crippen LogP contribution in [0.2, 0.25) is 0 Å². The summed E-state index contributed by atoms with van der Waals surface area (Å²) < 4.78 is 1.26. The largest absolute Gasteiger partial charge is 0.0720 e. The second-order valence-electron chi connectivity index (χ2n) is 5.84. The van der Waals surface area contributed by atoms with E-state index in [9.17, 15) is 0 Å². The van der Waals surface area contributed by atoms with E-state index in [4.69, 9.17) is 0 Å². The van der Waals surface area contributed by atoms with E-state index in [1.807, 2.05) is 0 Å². The summed E-state index contributed by atoms with van der Waals surface area (Å²) in [5.74, 6) is 0.391. The predicted octanol–water partition coefficient (Wildman–Crippen LogP) is 6.26. The van der Waals surface area contributed by atoms with Gasteiger partial charge in [-0.15, -0.1) is 0 Å². The van der Waals surface area contributed by atoms with Crippen LogP contribution in [0.1, 0.15) is 53.5 Å². The molecule has 3 rings (SSSR count). The van der Waals surface area contributed by atoms with Crippen molar-refractivity contribution in [1.82, 2.24) is 0 Å². The number of hydrogen-bond donors (Lipinski definition) is 0. The summed E-state index contributed by atoms with van der Waals surface area (Å²) in [6.45, 7) is 4.43. The first kappa shape index (κ1) is 14.6. The fourth-order valence-corrected chi connectivity index (χ4v) is 3.77. The van der Waals surface area contributed by atoms with Crippen LogP contribution >= 0.6 is 15.9 Å². The van der Waals surface area contributed by atoms with Crippen LogP contribution in [0.5, 0.6) is 0 Å². The Balaban J connectivity index is 2.05. The summed E-state index contributed by atoms with van der Waals surface area (Å²) in [5.41, 5.74) is 7.05. The fourth-order valence-electron chi connectivity index (χ4n) is 3.17. The maximum Gasteiger partial charge on any atom is 0.0292 e. The molecule has 21 heavy (non-hydrogen) atoms. The van der Waals surface area contributed by atoms with Gasteiger partial charge < -0.3 is 0 Å². The number of allylic oxidation sites excluding steroid dienone is 1. The molecule has 0 fully saturated rings. The van der Waals surface area contributed by atoms with Crippen LogP contribution in [0.15, 0.2) is 46.9 Å². The maximum absolute atomic E-state index is 3.81. The van der Waals surface area contributed by atoms with Crippen molar-refractivity contribution < 1.29 is 0 Å². The van der Waals surface area contributed by atoms with E-state index >= 15 is 0 Å². The molecule has 0 amide bonds. The van der Waals surface area contributed by atoms with Crippen LogP contribution < -0.4 is 0 Å². The molecule has 1 aliphatic carbocycles. The SMILES string of the molecule is CCCCc1ccccc1C1C=Cc2ccc(C)c(Br)c21. The highest BCUT2D eigenvalue weighted by atomic mass is 79.9. The van der Waals surface area contributed by atoms with E-state index in [0.717, 1.165) is 0 Å². The first-order chi connectivity index (χ1) is 10.2. The molecule has 0 N–H and O–H groups in total. The lowest BCUT2D eigenvalue weighted by molar-refractivity contribution is 0.784. The van der Waals surface area contributed by atoms with E-state index in [1.165, 1.54) is 51.6 Å². The minimum Gasteiger partial charge on any atom is -0.0720 e. The lowest BCUT2D eigenvalue weighted by atomic mass is 9.87. The molecule has 1 unspecified atom stereocenters. The molecule has 1 atom stereocenters. The topological polar surface area (TPSA) is 0 Å². The molecular weight excluding hydrogens is 320 g/mol. The summed E-state index contributed by atoms with van der Waals surface area (Å²) in [5, 5.41) is 0. The Kier molecular flexibility index (Phi) is 4.30. The van der Waals surface area contributed by atoms with Crippen LogP contribution in [0.3, 0.4) is 0 Å². The Labute approximate surface area is 136 Å². The molecule has 0 nitrogen and oxygen atoms in total. The Morgan fingerprint density at radius 1 is 1.10 bits per heavy atom. The number of hydrogen-bond acceptors (Lipinski definition) is 0. The van der Waals surface area contributed by atoms with Crippen molar-refractivity contribution in [2.75, 3.05) is 0 Å². The van der Waals surface area contributed by atoms with E-state index < -0.39 is 0 Å². The van der Waals surface area contributed by atoms with Crippen LogP contribution in [-0.4, -0.2) is 0 Å². The molecule has 108 valence electrons. The zero-order valence-electron chi connectivity index (χ0n) is 12.7. The summed E-state index contributed by atoms with van der Waals surface area (Å²) in [6, 6.07) is 13.4. The van der Waals surface area contributed by atoms with Crippen LogP contribution in [-0.2, 0) is 6.42 Å². The van der Waals surface area contributed by atoms with E-state index in [2.05, 4.69) is 78.3 Å². The molecule has 1 aliphatic rings. The second-order valence-corrected chi connectivity index (χ2v) is 6.63. The van der Waals surface area contributed by atoms with Crippen molar-refractivity contribution in [2.45, 2.75) is 39.0 Å². The third-order valence-electron chi connectivity index (χ3n) is 4.38. The van der Waals surface area contributed by atoms with Gasteiger partial charge in [0.05, 0.1) is 0 Å². The molecule has 0 aliphatic heterocycles. The smallest absolute Gasteiger partial charge is 0.0292 e. The van der Waals surface area contributed by atoms with Crippen molar-refractivity contribution in [2.24, 2.45) is 0 Å². The summed E-state index contributed by atoms with van der Waals surface area (Å²) in [7, 11) is 0. The number of rotatable bonds is 4. The van der Waals surface area contributed by atoms with Gasteiger partial charge in [-0.1, -0.05) is 77.8 Å². The fraction of sp³-hybridized carbons (Fsp3) is 0.300. The van der Waals surface area contributed by atoms with Gasteiger partial charge in [0.25, 0.3) is 0 Å². The number of aryl methyl sites for hydroxylation is 2. The number of halogens is 1. The summed E-state index contributed by atoms with van der Waals surface area (Å²) in [6.07, 6.45) is 8.29. The van der Waals surface area contributed by atoms with Gasteiger partial charge in [-0.05, 0) is 47.6 Å². The van der Waals surface area contributed by atoms with Crippen LogP contribution in [0.25, 0.3) is 6.08 Å². The highest BCUT2D eigenvalue weighted by molar-refractivity contribution is 9.10. The van der Waals surface area contributed by atoms with Gasteiger partial charge >= 0.3 is 0 Å². The zero-order valence-corrected chi connectivity index (χ0v) is 14.3. The normalized spacial score (nSPS) is 16.2. The van der Waals surface area contributed by atoms with E-state index in [0.29, 0.717) is 5.92 Å². The maximum atomic E-state index is 3.81. The summed E-state index contributed by atoms with van der Waals surface area (Å²) >= 11 is 3.81. The highest BCUT2D eigenvalue weighted by Crippen LogP contribution is 2.42. The van der Waals surface area contributed by atoms with Crippen LogP contribution in [0, 0.1) is 6.92 Å². The molecule has 0 saturated carbocycles. The second kappa shape index (κ2) is 6.19. The Morgan fingerprint density at radius 2 is 1.90 bits per heavy atom. The molecule has 0 aromatic heterocycles. The van der Waals surface area contributed by atoms with Gasteiger partial charge in [0.15, 0.2) is 0 Å². The van der Waals surface area contributed by atoms with Crippen molar-refractivity contribution in [1.29, 1.82) is 0 Å². The van der Waals surface area contributed by atoms with Crippen molar-refractivity contribution in [3.8, 4) is 0 Å². The minimum atomic E-state index is 0.391. The first-order valence-electron chi connectivity index (χ1n) is 7.77. The minimum absolute atomic E-state index is 0.391. The molecule has 1 heteroatoms. The van der Waals surface area contributed by atoms with Gasteiger partial charge in [-0.2, -0.15) is 0 Å². The average Bonchev–Trinajstić information content (AvgIpc) is 2.94. The zero-order chi connectivity index (χ0) is 14.8. The Hall–Kier alpha value is -1.34. The van der Waals surface area contributed by atoms with Gasteiger partial charge in [-0.25, -0.2) is 0 Å². The molecule has 0 spiro atoms. The van der Waals surface area contributed by atoms with Crippen molar-refractivity contribution >= 4 is 22.0 Å². The number of unbranched alkanes of at least 4 members (excludes halogenated alkanes) is 1. The Bertz CT molecular complexity index is 682. The molecule has 0 bridgehead atoms. The molecule has 0 saturated heterocycles.